The molecule has 0 bridgehead atoms. The average Bonchev–Trinajstić information content (AvgIpc) is 2.65. The number of H-pyrrole nitrogens is 1. The first-order valence-corrected chi connectivity index (χ1v) is 9.74. The van der Waals surface area contributed by atoms with Gasteiger partial charge in [-0.05, 0) is 49.3 Å². The molecular formula is C21H27N3O3. The highest BCUT2D eigenvalue weighted by atomic mass is 16.5. The van der Waals surface area contributed by atoms with Crippen molar-refractivity contribution in [2.24, 2.45) is 11.8 Å². The van der Waals surface area contributed by atoms with Crippen LogP contribution in [-0.4, -0.2) is 28.2 Å². The molecule has 3 N–H and O–H groups in total. The predicted molar refractivity (Wildman–Crippen MR) is 103 cm³/mol. The maximum Gasteiger partial charge on any atom is 0.259 e. The largest absolute Gasteiger partial charge is 0.497 e. The maximum absolute atomic E-state index is 12.2. The second-order valence-electron chi connectivity index (χ2n) is 7.77. The molecule has 0 radical (unpaired) electrons. The highest BCUT2D eigenvalue weighted by molar-refractivity contribution is 5.34. The molecule has 0 aliphatic heterocycles. The first-order valence-electron chi connectivity index (χ1n) is 9.74. The summed E-state index contributed by atoms with van der Waals surface area (Å²) in [6, 6.07) is 8.65. The minimum atomic E-state index is -0.270. The number of aromatic amines is 1. The van der Waals surface area contributed by atoms with Gasteiger partial charge in [0.15, 0.2) is 0 Å². The van der Waals surface area contributed by atoms with Crippen molar-refractivity contribution in [3.63, 3.8) is 0 Å². The number of ether oxygens (including phenoxy) is 1. The van der Waals surface area contributed by atoms with Crippen molar-refractivity contribution >= 4 is 0 Å². The molecule has 0 unspecified atom stereocenters. The Morgan fingerprint density at radius 3 is 2.59 bits per heavy atom. The molecule has 0 amide bonds. The Labute approximate surface area is 159 Å². The Hall–Kier alpha value is -2.34. The van der Waals surface area contributed by atoms with Crippen LogP contribution in [0.1, 0.15) is 48.6 Å². The highest BCUT2D eigenvalue weighted by Gasteiger charge is 2.50. The fraction of sp³-hybridized carbons (Fsp3) is 0.524. The summed E-state index contributed by atoms with van der Waals surface area (Å²) >= 11 is 0. The van der Waals surface area contributed by atoms with Crippen molar-refractivity contribution in [1.82, 2.24) is 15.3 Å². The van der Waals surface area contributed by atoms with Crippen LogP contribution in [0.15, 0.2) is 29.1 Å². The van der Waals surface area contributed by atoms with E-state index in [0.717, 1.165) is 5.75 Å². The van der Waals surface area contributed by atoms with Crippen LogP contribution in [0, 0.1) is 18.8 Å². The van der Waals surface area contributed by atoms with Gasteiger partial charge in [-0.25, -0.2) is 4.98 Å². The molecule has 27 heavy (non-hydrogen) atoms. The van der Waals surface area contributed by atoms with Crippen molar-refractivity contribution in [3.05, 3.63) is 51.6 Å². The lowest BCUT2D eigenvalue weighted by Gasteiger charge is -2.55. The Morgan fingerprint density at radius 1 is 1.22 bits per heavy atom. The summed E-state index contributed by atoms with van der Waals surface area (Å²) in [4.78, 5) is 18.8. The van der Waals surface area contributed by atoms with Gasteiger partial charge in [0, 0.05) is 18.5 Å². The van der Waals surface area contributed by atoms with E-state index in [4.69, 9.17) is 4.74 Å². The number of nitrogens with zero attached hydrogens (tertiary/aromatic N) is 1. The van der Waals surface area contributed by atoms with Crippen LogP contribution in [0.4, 0.5) is 0 Å². The fourth-order valence-electron chi connectivity index (χ4n) is 5.00. The van der Waals surface area contributed by atoms with Gasteiger partial charge in [-0.1, -0.05) is 25.0 Å². The van der Waals surface area contributed by atoms with Crippen LogP contribution >= 0.6 is 0 Å². The molecule has 0 spiro atoms. The lowest BCUT2D eigenvalue weighted by Crippen LogP contribution is -2.57. The van der Waals surface area contributed by atoms with Crippen molar-refractivity contribution < 1.29 is 9.84 Å². The van der Waals surface area contributed by atoms with E-state index in [9.17, 15) is 9.90 Å². The molecule has 144 valence electrons. The van der Waals surface area contributed by atoms with Gasteiger partial charge in [-0.15, -0.1) is 0 Å². The second-order valence-corrected chi connectivity index (χ2v) is 7.77. The van der Waals surface area contributed by atoms with E-state index >= 15 is 0 Å². The summed E-state index contributed by atoms with van der Waals surface area (Å²) in [5.74, 6) is 2.86. The Bertz CT molecular complexity index is 862. The number of benzene rings is 1. The van der Waals surface area contributed by atoms with Crippen LogP contribution < -0.4 is 15.6 Å². The SMILES string of the molecule is COc1ccc([C@H]2[C@@H]3CCCC[C@H]3[C@@H]2NCc2c(O)nc(C)[nH]c2=O)cc1. The van der Waals surface area contributed by atoms with E-state index in [0.29, 0.717) is 41.7 Å². The molecular weight excluding hydrogens is 342 g/mol. The van der Waals surface area contributed by atoms with Gasteiger partial charge in [0.25, 0.3) is 5.56 Å². The molecule has 2 aromatic rings. The average molecular weight is 369 g/mol. The smallest absolute Gasteiger partial charge is 0.259 e. The molecule has 4 atom stereocenters. The van der Waals surface area contributed by atoms with E-state index < -0.39 is 0 Å². The molecule has 0 saturated heterocycles. The first-order chi connectivity index (χ1) is 13.1. The van der Waals surface area contributed by atoms with Crippen molar-refractivity contribution in [2.45, 2.75) is 51.1 Å². The van der Waals surface area contributed by atoms with E-state index in [-0.39, 0.29) is 11.4 Å². The Balaban J connectivity index is 1.54. The standard InChI is InChI=1S/C21H27N3O3/c1-12-23-20(25)17(21(26)24-12)11-22-19-16-6-4-3-5-15(16)18(19)13-7-9-14(27-2)10-8-13/h7-10,15-16,18-19,22H,3-6,11H2,1-2H3,(H2,23,24,25,26)/t15-,16-,18+,19+/m1/s1. The van der Waals surface area contributed by atoms with E-state index in [1.165, 1.54) is 31.2 Å². The zero-order valence-corrected chi connectivity index (χ0v) is 15.9. The van der Waals surface area contributed by atoms with Crippen LogP contribution in [-0.2, 0) is 6.54 Å². The minimum absolute atomic E-state index is 0.177. The predicted octanol–water partition coefficient (Wildman–Crippen LogP) is 2.85. The summed E-state index contributed by atoms with van der Waals surface area (Å²) < 4.78 is 5.29. The molecule has 2 aliphatic carbocycles. The number of rotatable bonds is 5. The fourth-order valence-corrected chi connectivity index (χ4v) is 5.00. The van der Waals surface area contributed by atoms with Crippen molar-refractivity contribution in [3.8, 4) is 11.6 Å². The summed E-state index contributed by atoms with van der Waals surface area (Å²) in [6.07, 6.45) is 5.05. The van der Waals surface area contributed by atoms with Gasteiger partial charge in [-0.3, -0.25) is 4.79 Å². The maximum atomic E-state index is 12.2. The zero-order valence-electron chi connectivity index (χ0n) is 15.9. The molecule has 6 heteroatoms. The van der Waals surface area contributed by atoms with Crippen LogP contribution in [0.3, 0.4) is 0 Å². The number of nitrogens with one attached hydrogen (secondary N) is 2. The lowest BCUT2D eigenvalue weighted by atomic mass is 9.53. The van der Waals surface area contributed by atoms with Crippen LogP contribution in [0.5, 0.6) is 11.6 Å². The molecule has 1 heterocycles. The van der Waals surface area contributed by atoms with Crippen molar-refractivity contribution in [2.75, 3.05) is 7.11 Å². The van der Waals surface area contributed by atoms with E-state index in [2.05, 4.69) is 27.4 Å². The van der Waals surface area contributed by atoms with Gasteiger partial charge in [0.2, 0.25) is 5.88 Å². The summed E-state index contributed by atoms with van der Waals surface area (Å²) in [5.41, 5.74) is 1.36. The molecule has 2 aliphatic rings. The van der Waals surface area contributed by atoms with E-state index in [1.807, 2.05) is 12.1 Å². The highest BCUT2D eigenvalue weighted by Crippen LogP contribution is 2.54. The van der Waals surface area contributed by atoms with Gasteiger partial charge in [-0.2, -0.15) is 0 Å². The molecule has 2 saturated carbocycles. The Kier molecular flexibility index (Phi) is 4.91. The third-order valence-corrected chi connectivity index (χ3v) is 6.31. The van der Waals surface area contributed by atoms with Gasteiger partial charge in [0.05, 0.1) is 12.7 Å². The molecule has 4 rings (SSSR count). The molecule has 1 aromatic carbocycles. The number of aromatic nitrogens is 2. The summed E-state index contributed by atoms with van der Waals surface area (Å²) in [5, 5.41) is 13.6. The van der Waals surface area contributed by atoms with E-state index in [1.54, 1.807) is 14.0 Å². The number of hydrogen-bond acceptors (Lipinski definition) is 5. The van der Waals surface area contributed by atoms with Gasteiger partial charge < -0.3 is 20.1 Å². The molecule has 2 fully saturated rings. The monoisotopic (exact) mass is 369 g/mol. The number of aromatic hydroxyl groups is 1. The minimum Gasteiger partial charge on any atom is -0.497 e. The third kappa shape index (κ3) is 3.34. The summed E-state index contributed by atoms with van der Waals surface area (Å²) in [7, 11) is 1.68. The number of methoxy groups -OCH3 is 1. The third-order valence-electron chi connectivity index (χ3n) is 6.31. The zero-order chi connectivity index (χ0) is 19.0. The second kappa shape index (κ2) is 7.35. The first kappa shape index (κ1) is 18.0. The number of aryl methyl sites for hydroxylation is 1. The normalized spacial score (nSPS) is 26.9. The van der Waals surface area contributed by atoms with Crippen LogP contribution in [0.25, 0.3) is 0 Å². The topological polar surface area (TPSA) is 87.2 Å². The summed E-state index contributed by atoms with van der Waals surface area (Å²) in [6.45, 7) is 1.99. The van der Waals surface area contributed by atoms with Gasteiger partial charge in [0.1, 0.15) is 11.6 Å². The number of hydrogen-bond donors (Lipinski definition) is 3. The van der Waals surface area contributed by atoms with Crippen LogP contribution in [0.2, 0.25) is 0 Å². The molecule has 6 nitrogen and oxygen atoms in total. The Morgan fingerprint density at radius 2 is 1.93 bits per heavy atom. The molecule has 1 aromatic heterocycles. The van der Waals surface area contributed by atoms with Crippen molar-refractivity contribution in [1.29, 1.82) is 0 Å². The lowest BCUT2D eigenvalue weighted by molar-refractivity contribution is 0.0252. The number of fused-ring (bicyclic) bond motifs is 1. The quantitative estimate of drug-likeness (QED) is 0.754. The van der Waals surface area contributed by atoms with Gasteiger partial charge >= 0.3 is 0 Å².